The fourth-order valence-electron chi connectivity index (χ4n) is 1.42. The van der Waals surface area contributed by atoms with Gasteiger partial charge in [0.05, 0.1) is 11.4 Å². The highest BCUT2D eigenvalue weighted by molar-refractivity contribution is 7.98. The van der Waals surface area contributed by atoms with Crippen LogP contribution in [0.1, 0.15) is 5.82 Å². The van der Waals surface area contributed by atoms with Crippen LogP contribution < -0.4 is 0 Å². The average molecular weight is 303 g/mol. The molecule has 0 bridgehead atoms. The third-order valence-electron chi connectivity index (χ3n) is 2.44. The van der Waals surface area contributed by atoms with Gasteiger partial charge in [0.1, 0.15) is 6.33 Å². The van der Waals surface area contributed by atoms with Crippen LogP contribution in [0.5, 0.6) is 0 Å². The van der Waals surface area contributed by atoms with Crippen LogP contribution in [0.2, 0.25) is 0 Å². The summed E-state index contributed by atoms with van der Waals surface area (Å²) in [6.45, 7) is 0. The van der Waals surface area contributed by atoms with Gasteiger partial charge in [-0.2, -0.15) is 30.0 Å². The SMILES string of the molecule is O[C@@H](CSCc1ncn(-c2ccccc2)n1)C(F)(F)F. The molecule has 0 saturated carbocycles. The van der Waals surface area contributed by atoms with Gasteiger partial charge in [-0.1, -0.05) is 18.2 Å². The number of hydrogen-bond donors (Lipinski definition) is 1. The predicted octanol–water partition coefficient (Wildman–Crippen LogP) is 2.42. The molecule has 1 aromatic carbocycles. The number of benzene rings is 1. The van der Waals surface area contributed by atoms with E-state index in [1.54, 1.807) is 4.68 Å². The van der Waals surface area contributed by atoms with Gasteiger partial charge in [0.15, 0.2) is 11.9 Å². The van der Waals surface area contributed by atoms with Crippen LogP contribution in [0.15, 0.2) is 36.7 Å². The Morgan fingerprint density at radius 2 is 1.95 bits per heavy atom. The molecular formula is C12H12F3N3OS. The van der Waals surface area contributed by atoms with E-state index in [2.05, 4.69) is 10.1 Å². The zero-order valence-electron chi connectivity index (χ0n) is 10.3. The number of rotatable bonds is 5. The summed E-state index contributed by atoms with van der Waals surface area (Å²) >= 11 is 0.942. The molecule has 0 fully saturated rings. The Morgan fingerprint density at radius 1 is 1.25 bits per heavy atom. The van der Waals surface area contributed by atoms with Crippen LogP contribution in [0, 0.1) is 0 Å². The highest BCUT2D eigenvalue weighted by Crippen LogP contribution is 2.23. The summed E-state index contributed by atoms with van der Waals surface area (Å²) in [6, 6.07) is 9.27. The summed E-state index contributed by atoms with van der Waals surface area (Å²) < 4.78 is 37.9. The van der Waals surface area contributed by atoms with E-state index in [0.29, 0.717) is 5.82 Å². The average Bonchev–Trinajstić information content (AvgIpc) is 2.87. The quantitative estimate of drug-likeness (QED) is 0.921. The van der Waals surface area contributed by atoms with Gasteiger partial charge in [-0.25, -0.2) is 9.67 Å². The van der Waals surface area contributed by atoms with Crippen LogP contribution in [0.3, 0.4) is 0 Å². The maximum absolute atomic E-state index is 12.1. The van der Waals surface area contributed by atoms with E-state index in [-0.39, 0.29) is 5.75 Å². The van der Waals surface area contributed by atoms with E-state index in [0.717, 1.165) is 17.4 Å². The second-order valence-corrected chi connectivity index (χ2v) is 5.04. The molecule has 0 aliphatic rings. The number of thioether (sulfide) groups is 1. The lowest BCUT2D eigenvalue weighted by molar-refractivity contribution is -0.195. The van der Waals surface area contributed by atoms with Gasteiger partial charge in [-0.3, -0.25) is 0 Å². The van der Waals surface area contributed by atoms with Gasteiger partial charge in [-0.05, 0) is 12.1 Å². The van der Waals surface area contributed by atoms with Gasteiger partial charge in [0, 0.05) is 5.75 Å². The Morgan fingerprint density at radius 3 is 2.60 bits per heavy atom. The first-order valence-corrected chi connectivity index (χ1v) is 6.91. The zero-order valence-corrected chi connectivity index (χ0v) is 11.1. The number of nitrogens with zero attached hydrogens (tertiary/aromatic N) is 3. The van der Waals surface area contributed by atoms with Crippen LogP contribution in [-0.4, -0.2) is 37.9 Å². The van der Waals surface area contributed by atoms with E-state index in [1.807, 2.05) is 30.3 Å². The number of halogens is 3. The number of hydrogen-bond acceptors (Lipinski definition) is 4. The molecule has 8 heteroatoms. The Balaban J connectivity index is 1.88. The molecule has 0 saturated heterocycles. The first-order valence-electron chi connectivity index (χ1n) is 5.75. The number of alkyl halides is 3. The Hall–Kier alpha value is -1.54. The number of aliphatic hydroxyl groups is 1. The molecule has 0 aliphatic heterocycles. The smallest absolute Gasteiger partial charge is 0.383 e. The van der Waals surface area contributed by atoms with Gasteiger partial charge in [-0.15, -0.1) is 0 Å². The number of aromatic nitrogens is 3. The van der Waals surface area contributed by atoms with Crippen molar-refractivity contribution < 1.29 is 18.3 Å². The third-order valence-corrected chi connectivity index (χ3v) is 3.46. The Kier molecular flexibility index (Phi) is 4.66. The van der Waals surface area contributed by atoms with E-state index in [1.165, 1.54) is 6.33 Å². The standard InChI is InChI=1S/C12H12F3N3OS/c13-12(14,15)10(19)6-20-7-11-16-8-18(17-11)9-4-2-1-3-5-9/h1-5,8,10,19H,6-7H2/t10-/m0/s1. The Bertz CT molecular complexity index is 544. The van der Waals surface area contributed by atoms with Gasteiger partial charge in [0.2, 0.25) is 0 Å². The summed E-state index contributed by atoms with van der Waals surface area (Å²) in [5, 5.41) is 13.0. The predicted molar refractivity (Wildman–Crippen MR) is 69.6 cm³/mol. The highest BCUT2D eigenvalue weighted by Gasteiger charge is 2.37. The van der Waals surface area contributed by atoms with Gasteiger partial charge < -0.3 is 5.11 Å². The summed E-state index contributed by atoms with van der Waals surface area (Å²) in [6.07, 6.45) is -5.39. The summed E-state index contributed by atoms with van der Waals surface area (Å²) in [7, 11) is 0. The minimum absolute atomic E-state index is 0.215. The molecule has 4 nitrogen and oxygen atoms in total. The molecule has 0 amide bonds. The van der Waals surface area contributed by atoms with Gasteiger partial charge in [0.25, 0.3) is 0 Å². The lowest BCUT2D eigenvalue weighted by atomic mass is 10.3. The molecule has 20 heavy (non-hydrogen) atoms. The topological polar surface area (TPSA) is 50.9 Å². The normalized spacial score (nSPS) is 13.4. The molecule has 2 rings (SSSR count). The highest BCUT2D eigenvalue weighted by atomic mass is 32.2. The first kappa shape index (κ1) is 14.9. The van der Waals surface area contributed by atoms with E-state index < -0.39 is 18.0 Å². The Labute approximate surface area is 117 Å². The van der Waals surface area contributed by atoms with Crippen molar-refractivity contribution in [2.24, 2.45) is 0 Å². The molecule has 1 aromatic heterocycles. The van der Waals surface area contributed by atoms with Crippen molar-refractivity contribution in [1.29, 1.82) is 0 Å². The molecule has 1 atom stereocenters. The van der Waals surface area contributed by atoms with Crippen molar-refractivity contribution >= 4 is 11.8 Å². The first-order chi connectivity index (χ1) is 9.47. The van der Waals surface area contributed by atoms with Crippen LogP contribution in [0.4, 0.5) is 13.2 Å². The second-order valence-electron chi connectivity index (χ2n) is 4.01. The van der Waals surface area contributed by atoms with Crippen LogP contribution in [0.25, 0.3) is 5.69 Å². The molecule has 2 aromatic rings. The molecular weight excluding hydrogens is 291 g/mol. The maximum atomic E-state index is 12.1. The van der Waals surface area contributed by atoms with E-state index in [4.69, 9.17) is 5.11 Å². The molecule has 1 N–H and O–H groups in total. The van der Waals surface area contributed by atoms with Crippen LogP contribution in [-0.2, 0) is 5.75 Å². The minimum atomic E-state index is -4.58. The van der Waals surface area contributed by atoms with Crippen molar-refractivity contribution in [3.8, 4) is 5.69 Å². The monoisotopic (exact) mass is 303 g/mol. The third kappa shape index (κ3) is 3.97. The summed E-state index contributed by atoms with van der Waals surface area (Å²) in [5.74, 6) is 0.212. The number of para-hydroxylation sites is 1. The largest absolute Gasteiger partial charge is 0.415 e. The van der Waals surface area contributed by atoms with Gasteiger partial charge >= 0.3 is 6.18 Å². The lowest BCUT2D eigenvalue weighted by Gasteiger charge is -2.12. The van der Waals surface area contributed by atoms with Crippen LogP contribution >= 0.6 is 11.8 Å². The molecule has 0 unspecified atom stereocenters. The van der Waals surface area contributed by atoms with Crippen molar-refractivity contribution in [3.63, 3.8) is 0 Å². The molecule has 0 radical (unpaired) electrons. The van der Waals surface area contributed by atoms with E-state index >= 15 is 0 Å². The summed E-state index contributed by atoms with van der Waals surface area (Å²) in [4.78, 5) is 4.02. The van der Waals surface area contributed by atoms with Crippen molar-refractivity contribution in [2.45, 2.75) is 18.0 Å². The zero-order chi connectivity index (χ0) is 14.6. The second kappa shape index (κ2) is 6.27. The fourth-order valence-corrected chi connectivity index (χ4v) is 2.27. The molecule has 108 valence electrons. The molecule has 0 aliphatic carbocycles. The van der Waals surface area contributed by atoms with Crippen molar-refractivity contribution in [1.82, 2.24) is 14.8 Å². The van der Waals surface area contributed by atoms with Crippen molar-refractivity contribution in [3.05, 3.63) is 42.5 Å². The lowest BCUT2D eigenvalue weighted by Crippen LogP contribution is -2.30. The molecule has 0 spiro atoms. The minimum Gasteiger partial charge on any atom is -0.383 e. The number of aliphatic hydroxyl groups excluding tert-OH is 1. The van der Waals surface area contributed by atoms with E-state index in [9.17, 15) is 13.2 Å². The van der Waals surface area contributed by atoms with Crippen molar-refractivity contribution in [2.75, 3.05) is 5.75 Å². The molecule has 1 heterocycles. The maximum Gasteiger partial charge on any atom is 0.415 e. The summed E-state index contributed by atoms with van der Waals surface area (Å²) in [5.41, 5.74) is 0.826. The fraction of sp³-hybridized carbons (Fsp3) is 0.333.